The van der Waals surface area contributed by atoms with Crippen molar-refractivity contribution in [3.8, 4) is 0 Å². The SMILES string of the molecule is CC(C)(C)C1=C(O)[C+](C(C)(C)C)CCC1. The lowest BCUT2D eigenvalue weighted by molar-refractivity contribution is 0.279. The Bertz CT molecular complexity index is 260. The number of rotatable bonds is 0. The van der Waals surface area contributed by atoms with Crippen molar-refractivity contribution in [2.45, 2.75) is 60.8 Å². The van der Waals surface area contributed by atoms with Crippen molar-refractivity contribution < 1.29 is 5.11 Å². The maximum absolute atomic E-state index is 10.3. The first-order chi connectivity index (χ1) is 6.64. The second kappa shape index (κ2) is 3.77. The lowest BCUT2D eigenvalue weighted by Gasteiger charge is -2.29. The summed E-state index contributed by atoms with van der Waals surface area (Å²) in [5.41, 5.74) is 1.43. The van der Waals surface area contributed by atoms with Gasteiger partial charge in [-0.15, -0.1) is 0 Å². The minimum Gasteiger partial charge on any atom is -0.477 e. The van der Waals surface area contributed by atoms with E-state index in [-0.39, 0.29) is 10.8 Å². The maximum Gasteiger partial charge on any atom is 0.280 e. The van der Waals surface area contributed by atoms with E-state index >= 15 is 0 Å². The van der Waals surface area contributed by atoms with Gasteiger partial charge in [-0.05, 0) is 48.0 Å². The molecular formula is C14H25O+. The van der Waals surface area contributed by atoms with E-state index in [1.165, 1.54) is 17.9 Å². The average Bonchev–Trinajstić information content (AvgIpc) is 1.99. The molecular weight excluding hydrogens is 184 g/mol. The van der Waals surface area contributed by atoms with E-state index in [2.05, 4.69) is 41.5 Å². The number of allylic oxidation sites excluding steroid dienone is 2. The minimum atomic E-state index is 0.0982. The number of hydrogen-bond acceptors (Lipinski definition) is 1. The smallest absolute Gasteiger partial charge is 0.280 e. The van der Waals surface area contributed by atoms with Gasteiger partial charge in [0.15, 0.2) is 0 Å². The lowest BCUT2D eigenvalue weighted by Crippen LogP contribution is -2.27. The van der Waals surface area contributed by atoms with Crippen LogP contribution in [0.2, 0.25) is 0 Å². The Labute approximate surface area is 94.6 Å². The topological polar surface area (TPSA) is 20.2 Å². The first-order valence-electron chi connectivity index (χ1n) is 5.93. The van der Waals surface area contributed by atoms with Crippen LogP contribution in [0.1, 0.15) is 60.8 Å². The van der Waals surface area contributed by atoms with Crippen molar-refractivity contribution in [2.75, 3.05) is 0 Å². The van der Waals surface area contributed by atoms with Crippen LogP contribution in [0.25, 0.3) is 0 Å². The average molecular weight is 209 g/mol. The van der Waals surface area contributed by atoms with Crippen LogP contribution in [-0.4, -0.2) is 5.11 Å². The molecule has 0 unspecified atom stereocenters. The van der Waals surface area contributed by atoms with Crippen LogP contribution in [0.15, 0.2) is 11.3 Å². The summed E-state index contributed by atoms with van der Waals surface area (Å²) in [7, 11) is 0. The van der Waals surface area contributed by atoms with Gasteiger partial charge in [0.25, 0.3) is 5.76 Å². The molecule has 0 aromatic heterocycles. The van der Waals surface area contributed by atoms with Gasteiger partial charge in [-0.3, -0.25) is 0 Å². The summed E-state index contributed by atoms with van der Waals surface area (Å²) in [6, 6.07) is 0. The second-order valence-electron chi connectivity index (χ2n) is 6.66. The highest BCUT2D eigenvalue weighted by atomic mass is 16.3. The van der Waals surface area contributed by atoms with Gasteiger partial charge in [0.1, 0.15) is 11.5 Å². The van der Waals surface area contributed by atoms with Crippen molar-refractivity contribution in [3.63, 3.8) is 0 Å². The van der Waals surface area contributed by atoms with Crippen LogP contribution in [-0.2, 0) is 0 Å². The zero-order valence-electron chi connectivity index (χ0n) is 11.1. The Morgan fingerprint density at radius 3 is 2.00 bits per heavy atom. The summed E-state index contributed by atoms with van der Waals surface area (Å²) in [5.74, 6) is 1.83. The van der Waals surface area contributed by atoms with Crippen LogP contribution >= 0.6 is 0 Å². The van der Waals surface area contributed by atoms with Gasteiger partial charge in [0.2, 0.25) is 0 Å². The quantitative estimate of drug-likeness (QED) is 0.576. The summed E-state index contributed by atoms with van der Waals surface area (Å²) in [5, 5.41) is 10.3. The summed E-state index contributed by atoms with van der Waals surface area (Å²) in [6.45, 7) is 13.1. The van der Waals surface area contributed by atoms with Crippen LogP contribution in [0.4, 0.5) is 0 Å². The monoisotopic (exact) mass is 209 g/mol. The van der Waals surface area contributed by atoms with E-state index in [1.54, 1.807) is 0 Å². The molecule has 0 amide bonds. The van der Waals surface area contributed by atoms with Crippen molar-refractivity contribution >= 4 is 0 Å². The predicted molar refractivity (Wildman–Crippen MR) is 65.7 cm³/mol. The highest BCUT2D eigenvalue weighted by Crippen LogP contribution is 2.46. The maximum atomic E-state index is 10.3. The third kappa shape index (κ3) is 2.70. The fourth-order valence-corrected chi connectivity index (χ4v) is 2.32. The molecule has 1 rings (SSSR count). The highest BCUT2D eigenvalue weighted by molar-refractivity contribution is 5.33. The zero-order valence-corrected chi connectivity index (χ0v) is 11.1. The third-order valence-electron chi connectivity index (χ3n) is 3.24. The first-order valence-corrected chi connectivity index (χ1v) is 5.93. The first kappa shape index (κ1) is 12.5. The Hall–Kier alpha value is -0.590. The molecule has 1 aliphatic rings. The van der Waals surface area contributed by atoms with Gasteiger partial charge in [0.05, 0.1) is 10.8 Å². The minimum absolute atomic E-state index is 0.0982. The largest absolute Gasteiger partial charge is 0.477 e. The normalized spacial score (nSPS) is 19.7. The third-order valence-corrected chi connectivity index (χ3v) is 3.24. The lowest BCUT2D eigenvalue weighted by atomic mass is 9.68. The van der Waals surface area contributed by atoms with Gasteiger partial charge in [-0.2, -0.15) is 0 Å². The van der Waals surface area contributed by atoms with Crippen molar-refractivity contribution in [2.24, 2.45) is 10.8 Å². The molecule has 1 heteroatoms. The molecule has 0 fully saturated rings. The van der Waals surface area contributed by atoms with Gasteiger partial charge in [0, 0.05) is 12.8 Å². The standard InChI is InChI=1S/C14H24O/c1-13(2,3)10-8-7-9-11(12(10)15)14(4,5)6/h7-9H2,1-6H3/p+1. The van der Waals surface area contributed by atoms with E-state index in [0.717, 1.165) is 12.8 Å². The molecule has 1 aliphatic carbocycles. The highest BCUT2D eigenvalue weighted by Gasteiger charge is 2.44. The molecule has 0 heterocycles. The molecule has 0 spiro atoms. The van der Waals surface area contributed by atoms with E-state index in [1.807, 2.05) is 0 Å². The molecule has 0 atom stereocenters. The van der Waals surface area contributed by atoms with E-state index in [4.69, 9.17) is 0 Å². The van der Waals surface area contributed by atoms with Gasteiger partial charge in [-0.25, -0.2) is 0 Å². The molecule has 0 bridgehead atoms. The fourth-order valence-electron chi connectivity index (χ4n) is 2.32. The Balaban J connectivity index is 3.06. The zero-order chi connectivity index (χ0) is 11.9. The molecule has 0 aromatic carbocycles. The van der Waals surface area contributed by atoms with E-state index in [0.29, 0.717) is 5.76 Å². The molecule has 86 valence electrons. The number of aliphatic hydroxyl groups is 1. The molecule has 1 N–H and O–H groups in total. The summed E-state index contributed by atoms with van der Waals surface area (Å²) in [6.07, 6.45) is 3.28. The van der Waals surface area contributed by atoms with Crippen LogP contribution in [0.5, 0.6) is 0 Å². The molecule has 1 nitrogen and oxygen atoms in total. The summed E-state index contributed by atoms with van der Waals surface area (Å²) < 4.78 is 0. The summed E-state index contributed by atoms with van der Waals surface area (Å²) in [4.78, 5) is 0. The molecule has 0 aliphatic heterocycles. The Morgan fingerprint density at radius 2 is 1.60 bits per heavy atom. The van der Waals surface area contributed by atoms with E-state index in [9.17, 15) is 5.11 Å². The summed E-state index contributed by atoms with van der Waals surface area (Å²) >= 11 is 0. The van der Waals surface area contributed by atoms with Crippen LogP contribution in [0, 0.1) is 16.7 Å². The molecule has 0 aromatic rings. The van der Waals surface area contributed by atoms with Crippen LogP contribution in [0.3, 0.4) is 0 Å². The van der Waals surface area contributed by atoms with Crippen molar-refractivity contribution in [1.82, 2.24) is 0 Å². The van der Waals surface area contributed by atoms with Gasteiger partial charge in [-0.1, -0.05) is 0 Å². The van der Waals surface area contributed by atoms with Crippen LogP contribution < -0.4 is 0 Å². The number of hydrogen-bond donors (Lipinski definition) is 1. The molecule has 0 saturated carbocycles. The molecule has 15 heavy (non-hydrogen) atoms. The second-order valence-corrected chi connectivity index (χ2v) is 6.66. The number of aliphatic hydroxyl groups excluding tert-OH is 1. The van der Waals surface area contributed by atoms with Crippen molar-refractivity contribution in [1.29, 1.82) is 0 Å². The van der Waals surface area contributed by atoms with E-state index < -0.39 is 0 Å². The fraction of sp³-hybridized carbons (Fsp3) is 0.786. The molecule has 0 saturated heterocycles. The van der Waals surface area contributed by atoms with Crippen molar-refractivity contribution in [3.05, 3.63) is 17.3 Å². The van der Waals surface area contributed by atoms with Gasteiger partial charge >= 0.3 is 0 Å². The predicted octanol–water partition coefficient (Wildman–Crippen LogP) is 4.65. The Morgan fingerprint density at radius 1 is 1.07 bits per heavy atom. The Kier molecular flexibility index (Phi) is 3.14. The molecule has 0 radical (unpaired) electrons. The van der Waals surface area contributed by atoms with Gasteiger partial charge < -0.3 is 5.11 Å².